The largest absolute Gasteiger partial charge is 0.337 e. The van der Waals surface area contributed by atoms with Crippen molar-refractivity contribution in [3.8, 4) is 11.4 Å². The Morgan fingerprint density at radius 3 is 2.40 bits per heavy atom. The SMILES string of the molecule is Cc1ccc(-c2noc(C3CCCCN3C(=O)c3ccc(C(C)(C)C)cc3)n2)cc1. The molecule has 1 aliphatic heterocycles. The van der Waals surface area contributed by atoms with E-state index < -0.39 is 0 Å². The Labute approximate surface area is 178 Å². The molecule has 1 saturated heterocycles. The van der Waals surface area contributed by atoms with Gasteiger partial charge in [-0.15, -0.1) is 0 Å². The summed E-state index contributed by atoms with van der Waals surface area (Å²) in [7, 11) is 0. The number of piperidine rings is 1. The predicted octanol–water partition coefficient (Wildman–Crippen LogP) is 5.71. The molecule has 30 heavy (non-hydrogen) atoms. The Balaban J connectivity index is 1.57. The Kier molecular flexibility index (Phi) is 5.46. The molecule has 1 fully saturated rings. The van der Waals surface area contributed by atoms with E-state index in [0.29, 0.717) is 23.8 Å². The summed E-state index contributed by atoms with van der Waals surface area (Å²) in [5.74, 6) is 1.11. The van der Waals surface area contributed by atoms with Gasteiger partial charge in [-0.05, 0) is 49.3 Å². The number of hydrogen-bond acceptors (Lipinski definition) is 4. The predicted molar refractivity (Wildman–Crippen MR) is 117 cm³/mol. The van der Waals surface area contributed by atoms with Gasteiger partial charge in [-0.1, -0.05) is 67.9 Å². The summed E-state index contributed by atoms with van der Waals surface area (Å²) in [6.45, 7) is 9.26. The van der Waals surface area contributed by atoms with Gasteiger partial charge in [0.2, 0.25) is 11.7 Å². The quantitative estimate of drug-likeness (QED) is 0.562. The second-order valence-corrected chi connectivity index (χ2v) is 9.16. The van der Waals surface area contributed by atoms with Crippen LogP contribution in [0.15, 0.2) is 53.1 Å². The van der Waals surface area contributed by atoms with Crippen molar-refractivity contribution in [3.05, 3.63) is 71.1 Å². The highest BCUT2D eigenvalue weighted by Gasteiger charge is 2.33. The Morgan fingerprint density at radius 2 is 1.73 bits per heavy atom. The van der Waals surface area contributed by atoms with Crippen molar-refractivity contribution < 1.29 is 9.32 Å². The third kappa shape index (κ3) is 4.16. The van der Waals surface area contributed by atoms with Gasteiger partial charge in [-0.25, -0.2) is 0 Å². The van der Waals surface area contributed by atoms with Crippen LogP contribution in [0.2, 0.25) is 0 Å². The molecular formula is C25H29N3O2. The highest BCUT2D eigenvalue weighted by molar-refractivity contribution is 5.94. The highest BCUT2D eigenvalue weighted by Crippen LogP contribution is 2.33. The van der Waals surface area contributed by atoms with Crippen LogP contribution < -0.4 is 0 Å². The molecule has 0 radical (unpaired) electrons. The lowest BCUT2D eigenvalue weighted by atomic mass is 9.86. The Morgan fingerprint density at radius 1 is 1.03 bits per heavy atom. The Bertz CT molecular complexity index is 1010. The van der Waals surface area contributed by atoms with Crippen LogP contribution in [0.4, 0.5) is 0 Å². The number of benzene rings is 2. The fourth-order valence-corrected chi connectivity index (χ4v) is 3.90. The first kappa shape index (κ1) is 20.3. The van der Waals surface area contributed by atoms with Crippen LogP contribution in [-0.2, 0) is 5.41 Å². The van der Waals surface area contributed by atoms with Gasteiger partial charge in [0.25, 0.3) is 5.91 Å². The molecule has 4 rings (SSSR count). The standard InChI is InChI=1S/C25H29N3O2/c1-17-8-10-18(11-9-17)22-26-23(30-27-22)21-7-5-6-16-28(21)24(29)19-12-14-20(15-13-19)25(2,3)4/h8-15,21H,5-7,16H2,1-4H3. The average molecular weight is 404 g/mol. The number of amides is 1. The molecule has 1 aromatic heterocycles. The molecule has 5 heteroatoms. The van der Waals surface area contributed by atoms with Crippen LogP contribution in [0.25, 0.3) is 11.4 Å². The normalized spacial score (nSPS) is 17.2. The Hall–Kier alpha value is -2.95. The smallest absolute Gasteiger partial charge is 0.254 e. The van der Waals surface area contributed by atoms with Gasteiger partial charge in [0, 0.05) is 17.7 Å². The van der Waals surface area contributed by atoms with Gasteiger partial charge in [0.1, 0.15) is 6.04 Å². The van der Waals surface area contributed by atoms with Crippen LogP contribution in [0.1, 0.15) is 73.5 Å². The zero-order valence-electron chi connectivity index (χ0n) is 18.2. The third-order valence-electron chi connectivity index (χ3n) is 5.80. The van der Waals surface area contributed by atoms with Crippen molar-refractivity contribution in [1.29, 1.82) is 0 Å². The van der Waals surface area contributed by atoms with E-state index in [1.54, 1.807) is 0 Å². The van der Waals surface area contributed by atoms with E-state index in [0.717, 1.165) is 24.8 Å². The van der Waals surface area contributed by atoms with Crippen molar-refractivity contribution in [2.75, 3.05) is 6.54 Å². The molecule has 5 nitrogen and oxygen atoms in total. The monoisotopic (exact) mass is 403 g/mol. The topological polar surface area (TPSA) is 59.2 Å². The molecule has 1 atom stereocenters. The number of nitrogens with zero attached hydrogens (tertiary/aromatic N) is 3. The van der Waals surface area contributed by atoms with Crippen molar-refractivity contribution >= 4 is 5.91 Å². The van der Waals surface area contributed by atoms with E-state index >= 15 is 0 Å². The molecule has 2 heterocycles. The first-order valence-electron chi connectivity index (χ1n) is 10.6. The van der Waals surface area contributed by atoms with Crippen molar-refractivity contribution in [3.63, 3.8) is 0 Å². The minimum absolute atomic E-state index is 0.0234. The maximum Gasteiger partial charge on any atom is 0.254 e. The lowest BCUT2D eigenvalue weighted by Crippen LogP contribution is -2.38. The number of aromatic nitrogens is 2. The lowest BCUT2D eigenvalue weighted by Gasteiger charge is -2.33. The van der Waals surface area contributed by atoms with Crippen molar-refractivity contribution in [2.24, 2.45) is 0 Å². The lowest BCUT2D eigenvalue weighted by molar-refractivity contribution is 0.0561. The second-order valence-electron chi connectivity index (χ2n) is 9.16. The molecule has 1 aliphatic rings. The second kappa shape index (κ2) is 8.05. The zero-order valence-corrected chi connectivity index (χ0v) is 18.2. The molecule has 1 unspecified atom stereocenters. The van der Waals surface area contributed by atoms with E-state index in [1.807, 2.05) is 60.4 Å². The van der Waals surface area contributed by atoms with Crippen LogP contribution in [0.5, 0.6) is 0 Å². The summed E-state index contributed by atoms with van der Waals surface area (Å²) in [4.78, 5) is 19.8. The zero-order chi connectivity index (χ0) is 21.3. The maximum absolute atomic E-state index is 13.3. The van der Waals surface area contributed by atoms with Gasteiger partial charge in [-0.2, -0.15) is 4.98 Å². The minimum atomic E-state index is -0.180. The first-order valence-corrected chi connectivity index (χ1v) is 10.6. The summed E-state index contributed by atoms with van der Waals surface area (Å²) in [6, 6.07) is 15.8. The first-order chi connectivity index (χ1) is 14.3. The fraction of sp³-hybridized carbons (Fsp3) is 0.400. The summed E-state index contributed by atoms with van der Waals surface area (Å²) < 4.78 is 5.61. The number of carbonyl (C=O) groups is 1. The summed E-state index contributed by atoms with van der Waals surface area (Å²) in [5, 5.41) is 4.17. The summed E-state index contributed by atoms with van der Waals surface area (Å²) in [5.41, 5.74) is 4.08. The minimum Gasteiger partial charge on any atom is -0.337 e. The molecule has 0 N–H and O–H groups in total. The van der Waals surface area contributed by atoms with E-state index in [4.69, 9.17) is 4.52 Å². The number of aryl methyl sites for hydroxylation is 1. The van der Waals surface area contributed by atoms with Gasteiger partial charge in [-0.3, -0.25) is 4.79 Å². The van der Waals surface area contributed by atoms with E-state index in [1.165, 1.54) is 11.1 Å². The van der Waals surface area contributed by atoms with Gasteiger partial charge in [0.05, 0.1) is 0 Å². The maximum atomic E-state index is 13.3. The average Bonchev–Trinajstić information content (AvgIpc) is 3.23. The summed E-state index contributed by atoms with van der Waals surface area (Å²) >= 11 is 0. The third-order valence-corrected chi connectivity index (χ3v) is 5.80. The van der Waals surface area contributed by atoms with E-state index in [9.17, 15) is 4.79 Å². The van der Waals surface area contributed by atoms with Gasteiger partial charge >= 0.3 is 0 Å². The highest BCUT2D eigenvalue weighted by atomic mass is 16.5. The number of hydrogen-bond donors (Lipinski definition) is 0. The molecule has 2 aromatic carbocycles. The van der Waals surface area contributed by atoms with Crippen LogP contribution in [0.3, 0.4) is 0 Å². The van der Waals surface area contributed by atoms with E-state index in [-0.39, 0.29) is 17.4 Å². The number of rotatable bonds is 3. The molecule has 3 aromatic rings. The molecule has 0 aliphatic carbocycles. The van der Waals surface area contributed by atoms with Crippen molar-refractivity contribution in [2.45, 2.75) is 58.4 Å². The van der Waals surface area contributed by atoms with Crippen molar-refractivity contribution in [1.82, 2.24) is 15.0 Å². The fourth-order valence-electron chi connectivity index (χ4n) is 3.90. The number of carbonyl (C=O) groups excluding carboxylic acids is 1. The number of likely N-dealkylation sites (tertiary alicyclic amines) is 1. The molecule has 156 valence electrons. The summed E-state index contributed by atoms with van der Waals surface area (Å²) in [6.07, 6.45) is 2.86. The molecule has 1 amide bonds. The molecule has 0 saturated carbocycles. The van der Waals surface area contributed by atoms with Gasteiger partial charge < -0.3 is 9.42 Å². The molecular weight excluding hydrogens is 374 g/mol. The molecule has 0 spiro atoms. The van der Waals surface area contributed by atoms with Crippen LogP contribution >= 0.6 is 0 Å². The van der Waals surface area contributed by atoms with Crippen LogP contribution in [0, 0.1) is 6.92 Å². The van der Waals surface area contributed by atoms with E-state index in [2.05, 4.69) is 30.9 Å². The van der Waals surface area contributed by atoms with Gasteiger partial charge in [0.15, 0.2) is 0 Å². The van der Waals surface area contributed by atoms with Crippen LogP contribution in [-0.4, -0.2) is 27.5 Å². The molecule has 0 bridgehead atoms.